The summed E-state index contributed by atoms with van der Waals surface area (Å²) in [5, 5.41) is 15.5. The number of aryl methyl sites for hydroxylation is 4. The summed E-state index contributed by atoms with van der Waals surface area (Å²) in [5.74, 6) is 0.663. The zero-order valence-corrected chi connectivity index (χ0v) is 19.6. The van der Waals surface area contributed by atoms with Crippen molar-refractivity contribution in [2.24, 2.45) is 0 Å². The summed E-state index contributed by atoms with van der Waals surface area (Å²) in [5.41, 5.74) is 9.95. The second-order valence-corrected chi connectivity index (χ2v) is 8.42. The number of oxazole rings is 1. The Balaban J connectivity index is 1.83. The number of pyridine rings is 1. The minimum atomic E-state index is -0.444. The van der Waals surface area contributed by atoms with Gasteiger partial charge in [0.2, 0.25) is 5.65 Å². The van der Waals surface area contributed by atoms with Crippen molar-refractivity contribution in [3.05, 3.63) is 86.6 Å². The molecule has 0 fully saturated rings. The zero-order chi connectivity index (χ0) is 25.0. The van der Waals surface area contributed by atoms with E-state index in [2.05, 4.69) is 15.1 Å². The fourth-order valence-electron chi connectivity index (χ4n) is 4.25. The lowest BCUT2D eigenvalue weighted by Crippen LogP contribution is -2.44. The Kier molecular flexibility index (Phi) is 5.12. The van der Waals surface area contributed by atoms with E-state index in [-0.39, 0.29) is 12.5 Å². The molecule has 0 saturated heterocycles. The van der Waals surface area contributed by atoms with Crippen molar-refractivity contribution in [1.29, 1.82) is 0 Å². The maximum Gasteiger partial charge on any atom is 0.428 e. The molecule has 0 aliphatic rings. The number of nitrogens with zero attached hydrogens (tertiary/aromatic N) is 5. The fraction of sp³-hybridized carbons (Fsp3) is 0.208. The van der Waals surface area contributed by atoms with E-state index in [9.17, 15) is 14.4 Å². The lowest BCUT2D eigenvalue weighted by atomic mass is 9.99. The van der Waals surface area contributed by atoms with E-state index in [0.29, 0.717) is 56.8 Å². The lowest BCUT2D eigenvalue weighted by molar-refractivity contribution is -0.619. The predicted molar refractivity (Wildman–Crippen MR) is 125 cm³/mol. The number of H-pyrrole nitrogens is 1. The smallest absolute Gasteiger partial charge is 0.428 e. The van der Waals surface area contributed by atoms with Crippen molar-refractivity contribution in [2.45, 2.75) is 34.2 Å². The van der Waals surface area contributed by atoms with Crippen molar-refractivity contribution < 1.29 is 17.9 Å². The van der Waals surface area contributed by atoms with Crippen LogP contribution in [0.4, 0.5) is 10.3 Å². The summed E-state index contributed by atoms with van der Waals surface area (Å²) >= 11 is 0. The highest BCUT2D eigenvalue weighted by atomic mass is 19.1. The van der Waals surface area contributed by atoms with Gasteiger partial charge in [0.15, 0.2) is 17.3 Å². The van der Waals surface area contributed by atoms with Crippen molar-refractivity contribution in [1.82, 2.24) is 19.7 Å². The van der Waals surface area contributed by atoms with Gasteiger partial charge in [0.1, 0.15) is 29.5 Å². The van der Waals surface area contributed by atoms with Crippen molar-refractivity contribution >= 4 is 11.6 Å². The highest BCUT2D eigenvalue weighted by Crippen LogP contribution is 2.33. The Morgan fingerprint density at radius 1 is 1.09 bits per heavy atom. The first-order valence-corrected chi connectivity index (χ1v) is 10.9. The third-order valence-corrected chi connectivity index (χ3v) is 5.90. The van der Waals surface area contributed by atoms with Gasteiger partial charge in [-0.25, -0.2) is 19.3 Å². The number of fused-ring (bicyclic) bond motifs is 1. The number of nitrogen functional groups attached to an aromatic ring is 1. The molecule has 4 heterocycles. The second-order valence-electron chi connectivity index (χ2n) is 8.42. The topological polar surface area (TPSA) is 134 Å². The van der Waals surface area contributed by atoms with E-state index in [4.69, 9.17) is 10.2 Å². The van der Waals surface area contributed by atoms with Crippen LogP contribution in [-0.2, 0) is 6.54 Å². The summed E-state index contributed by atoms with van der Waals surface area (Å²) in [4.78, 5) is 22.2. The number of aromatic amines is 1. The van der Waals surface area contributed by atoms with Gasteiger partial charge in [-0.1, -0.05) is 0 Å². The second kappa shape index (κ2) is 8.05. The van der Waals surface area contributed by atoms with Crippen molar-refractivity contribution in [3.63, 3.8) is 0 Å². The minimum absolute atomic E-state index is 0.0422. The number of anilines is 1. The lowest BCUT2D eigenvalue weighted by Gasteiger charge is -2.11. The maximum atomic E-state index is 13.7. The molecule has 11 heteroatoms. The number of benzene rings is 1. The number of nitrogens with two attached hydrogens (primary N) is 1. The molecule has 0 aliphatic heterocycles. The number of halogens is 1. The molecule has 0 aliphatic carbocycles. The van der Waals surface area contributed by atoms with Crippen LogP contribution >= 0.6 is 0 Å². The molecule has 0 radical (unpaired) electrons. The quantitative estimate of drug-likeness (QED) is 0.302. The van der Waals surface area contributed by atoms with Crippen LogP contribution in [0.1, 0.15) is 28.7 Å². The highest BCUT2D eigenvalue weighted by Gasteiger charge is 2.27. The summed E-state index contributed by atoms with van der Waals surface area (Å²) in [6.07, 6.45) is 0. The molecule has 5 rings (SSSR count). The van der Waals surface area contributed by atoms with Gasteiger partial charge in [0.05, 0.1) is 5.56 Å². The van der Waals surface area contributed by atoms with Crippen LogP contribution in [0.2, 0.25) is 0 Å². The monoisotopic (exact) mass is 476 g/mol. The van der Waals surface area contributed by atoms with Gasteiger partial charge in [0.25, 0.3) is 0 Å². The molecule has 10 nitrogen and oxygen atoms in total. The Morgan fingerprint density at radius 2 is 1.74 bits per heavy atom. The molecule has 178 valence electrons. The average molecular weight is 476 g/mol. The van der Waals surface area contributed by atoms with E-state index in [1.54, 1.807) is 52.0 Å². The summed E-state index contributed by atoms with van der Waals surface area (Å²) in [7, 11) is 0. The molecule has 4 aromatic heterocycles. The third kappa shape index (κ3) is 3.70. The van der Waals surface area contributed by atoms with Gasteiger partial charge in [-0.15, -0.1) is 9.38 Å². The van der Waals surface area contributed by atoms with Gasteiger partial charge in [0, 0.05) is 44.0 Å². The average Bonchev–Trinajstić information content (AvgIpc) is 3.30. The van der Waals surface area contributed by atoms with E-state index < -0.39 is 11.5 Å². The van der Waals surface area contributed by atoms with Gasteiger partial charge in [-0.2, -0.15) is 9.41 Å². The van der Waals surface area contributed by atoms with Gasteiger partial charge < -0.3 is 15.4 Å². The largest absolute Gasteiger partial charge is 0.618 e. The summed E-state index contributed by atoms with van der Waals surface area (Å²) in [6, 6.07) is 9.24. The molecular formula is C24H23FN7O3+. The first-order chi connectivity index (χ1) is 16.6. The number of rotatable bonds is 4. The van der Waals surface area contributed by atoms with E-state index in [1.165, 1.54) is 21.2 Å². The Bertz CT molecular complexity index is 1640. The normalized spacial score (nSPS) is 11.5. The van der Waals surface area contributed by atoms with Gasteiger partial charge >= 0.3 is 11.6 Å². The molecule has 35 heavy (non-hydrogen) atoms. The van der Waals surface area contributed by atoms with Crippen LogP contribution in [0.15, 0.2) is 45.6 Å². The molecule has 1 aromatic carbocycles. The first-order valence-electron chi connectivity index (χ1n) is 10.9. The van der Waals surface area contributed by atoms with E-state index in [1.807, 2.05) is 0 Å². The molecule has 3 N–H and O–H groups in total. The molecule has 0 spiro atoms. The predicted octanol–water partition coefficient (Wildman–Crippen LogP) is 2.27. The van der Waals surface area contributed by atoms with E-state index in [0.717, 1.165) is 4.73 Å². The molecule has 0 atom stereocenters. The van der Waals surface area contributed by atoms with Crippen molar-refractivity contribution in [2.75, 3.05) is 5.73 Å². The summed E-state index contributed by atoms with van der Waals surface area (Å²) in [6.45, 7) is 7.02. The van der Waals surface area contributed by atoms with Crippen LogP contribution in [0.5, 0.6) is 0 Å². The van der Waals surface area contributed by atoms with Gasteiger partial charge in [-0.3, -0.25) is 0 Å². The van der Waals surface area contributed by atoms with Crippen LogP contribution in [0.3, 0.4) is 0 Å². The fourth-order valence-corrected chi connectivity index (χ4v) is 4.25. The van der Waals surface area contributed by atoms with Gasteiger partial charge in [-0.05, 0) is 31.2 Å². The highest BCUT2D eigenvalue weighted by molar-refractivity contribution is 5.88. The third-order valence-electron chi connectivity index (χ3n) is 5.90. The van der Waals surface area contributed by atoms with Crippen LogP contribution in [-0.4, -0.2) is 19.7 Å². The Hall–Kier alpha value is -4.54. The molecule has 0 bridgehead atoms. The van der Waals surface area contributed by atoms with Crippen LogP contribution in [0.25, 0.3) is 28.0 Å². The number of nitrogens with one attached hydrogen (secondary N) is 1. The Labute approximate surface area is 198 Å². The minimum Gasteiger partial charge on any atom is -0.618 e. The summed E-state index contributed by atoms with van der Waals surface area (Å²) < 4.78 is 22.6. The van der Waals surface area contributed by atoms with E-state index >= 15 is 0 Å². The Morgan fingerprint density at radius 3 is 2.34 bits per heavy atom. The maximum absolute atomic E-state index is 13.7. The molecule has 5 aromatic rings. The molecule has 0 unspecified atom stereocenters. The number of hydrogen-bond acceptors (Lipinski definition) is 6. The zero-order valence-electron chi connectivity index (χ0n) is 19.6. The first kappa shape index (κ1) is 22.3. The standard InChI is InChI=1S/C24H22FN7O3/c1-12-9-17(10-13(2)32(12)34)20-21(16-5-7-18(25)8-6-16)28-23(26)31-22(20)29-30(24(31)33)11-19-14(3)35-15(4)27-19/h5-10H,11H2,1-4H3,(H2,26,28,29)/p+1. The molecule has 0 amide bonds. The van der Waals surface area contributed by atoms with Crippen molar-refractivity contribution in [3.8, 4) is 22.4 Å². The SMILES string of the molecule is Cc1nc(Cn2[nH]c3c(-c4cc(C)[n+]([O-])c(C)c4)c(-c4ccc(F)cc4)nc(N)[n+]3c2=O)c(C)o1. The number of aromatic nitrogens is 6. The molecule has 0 saturated carbocycles. The van der Waals surface area contributed by atoms with Crippen LogP contribution < -0.4 is 20.6 Å². The van der Waals surface area contributed by atoms with Crippen LogP contribution in [0, 0.1) is 38.7 Å². The number of hydrogen-bond donors (Lipinski definition) is 2. The molecular weight excluding hydrogens is 453 g/mol.